The van der Waals surface area contributed by atoms with Gasteiger partial charge in [-0.2, -0.15) is 0 Å². The molecule has 1 atom stereocenters. The second kappa shape index (κ2) is 6.38. The van der Waals surface area contributed by atoms with Gasteiger partial charge in [0.25, 0.3) is 0 Å². The van der Waals surface area contributed by atoms with Crippen LogP contribution < -0.4 is 15.2 Å². The van der Waals surface area contributed by atoms with Crippen molar-refractivity contribution in [1.82, 2.24) is 0 Å². The van der Waals surface area contributed by atoms with Crippen LogP contribution in [-0.2, 0) is 6.42 Å². The summed E-state index contributed by atoms with van der Waals surface area (Å²) in [5, 5.41) is 0. The minimum Gasteiger partial charge on any atom is -0.494 e. The van der Waals surface area contributed by atoms with Crippen molar-refractivity contribution in [2.45, 2.75) is 33.2 Å². The largest absolute Gasteiger partial charge is 0.494 e. The zero-order valence-corrected chi connectivity index (χ0v) is 10.3. The van der Waals surface area contributed by atoms with Crippen molar-refractivity contribution < 1.29 is 9.47 Å². The molecule has 0 amide bonds. The molecule has 1 aromatic rings. The molecule has 0 saturated heterocycles. The maximum absolute atomic E-state index is 5.80. The van der Waals surface area contributed by atoms with E-state index in [0.717, 1.165) is 23.5 Å². The number of hydrogen-bond acceptors (Lipinski definition) is 3. The van der Waals surface area contributed by atoms with Gasteiger partial charge >= 0.3 is 0 Å². The lowest BCUT2D eigenvalue weighted by atomic mass is 10.1. The summed E-state index contributed by atoms with van der Waals surface area (Å²) in [7, 11) is 0. The molecule has 90 valence electrons. The predicted octanol–water partition coefficient (Wildman–Crippen LogP) is 2.37. The molecule has 0 aromatic heterocycles. The average molecular weight is 223 g/mol. The molecular formula is C13H21NO2. The van der Waals surface area contributed by atoms with Crippen LogP contribution in [-0.4, -0.2) is 19.3 Å². The van der Waals surface area contributed by atoms with Gasteiger partial charge in [-0.05, 0) is 38.8 Å². The molecule has 0 heterocycles. The Labute approximate surface area is 97.6 Å². The Balaban J connectivity index is 2.89. The van der Waals surface area contributed by atoms with Crippen molar-refractivity contribution in [3.8, 4) is 11.5 Å². The summed E-state index contributed by atoms with van der Waals surface area (Å²) < 4.78 is 11.0. The van der Waals surface area contributed by atoms with Gasteiger partial charge < -0.3 is 15.2 Å². The highest BCUT2D eigenvalue weighted by atomic mass is 16.5. The quantitative estimate of drug-likeness (QED) is 0.805. The van der Waals surface area contributed by atoms with E-state index in [0.29, 0.717) is 13.2 Å². The molecule has 0 spiro atoms. The second-order valence-corrected chi connectivity index (χ2v) is 3.82. The fourth-order valence-corrected chi connectivity index (χ4v) is 1.60. The highest BCUT2D eigenvalue weighted by Crippen LogP contribution is 2.26. The second-order valence-electron chi connectivity index (χ2n) is 3.82. The van der Waals surface area contributed by atoms with Gasteiger partial charge in [-0.25, -0.2) is 0 Å². The third-order valence-electron chi connectivity index (χ3n) is 2.19. The Morgan fingerprint density at radius 2 is 1.88 bits per heavy atom. The molecule has 0 aliphatic heterocycles. The molecule has 3 heteroatoms. The van der Waals surface area contributed by atoms with Gasteiger partial charge in [-0.15, -0.1) is 0 Å². The Hall–Kier alpha value is -1.22. The summed E-state index contributed by atoms with van der Waals surface area (Å²) in [6, 6.07) is 6.06. The first-order chi connectivity index (χ1) is 7.67. The lowest BCUT2D eigenvalue weighted by molar-refractivity contribution is 0.320. The Bertz CT molecular complexity index is 324. The van der Waals surface area contributed by atoms with Gasteiger partial charge in [0.05, 0.1) is 13.2 Å². The van der Waals surface area contributed by atoms with Crippen molar-refractivity contribution in [2.24, 2.45) is 5.73 Å². The van der Waals surface area contributed by atoms with E-state index in [1.54, 1.807) is 0 Å². The summed E-state index contributed by atoms with van der Waals surface area (Å²) in [5.41, 5.74) is 6.94. The lowest BCUT2D eigenvalue weighted by Crippen LogP contribution is -2.18. The Morgan fingerprint density at radius 3 is 2.44 bits per heavy atom. The van der Waals surface area contributed by atoms with Crippen molar-refractivity contribution in [1.29, 1.82) is 0 Å². The van der Waals surface area contributed by atoms with E-state index in [2.05, 4.69) is 0 Å². The van der Waals surface area contributed by atoms with E-state index in [4.69, 9.17) is 15.2 Å². The van der Waals surface area contributed by atoms with Crippen LogP contribution in [0.2, 0.25) is 0 Å². The normalized spacial score (nSPS) is 12.2. The number of hydrogen-bond donors (Lipinski definition) is 1. The van der Waals surface area contributed by atoms with Crippen molar-refractivity contribution in [3.05, 3.63) is 23.8 Å². The summed E-state index contributed by atoms with van der Waals surface area (Å²) >= 11 is 0. The molecule has 0 saturated carbocycles. The molecule has 0 fully saturated rings. The third kappa shape index (κ3) is 3.74. The minimum atomic E-state index is 0.136. The molecule has 2 N–H and O–H groups in total. The van der Waals surface area contributed by atoms with Gasteiger partial charge in [-0.3, -0.25) is 0 Å². The van der Waals surface area contributed by atoms with Gasteiger partial charge in [-0.1, -0.05) is 6.07 Å². The first kappa shape index (κ1) is 12.8. The van der Waals surface area contributed by atoms with Crippen LogP contribution in [0.3, 0.4) is 0 Å². The first-order valence-corrected chi connectivity index (χ1v) is 5.81. The van der Waals surface area contributed by atoms with Crippen molar-refractivity contribution in [3.63, 3.8) is 0 Å². The summed E-state index contributed by atoms with van der Waals surface area (Å²) in [6.07, 6.45) is 0.821. The van der Waals surface area contributed by atoms with Crippen LogP contribution in [0.4, 0.5) is 0 Å². The van der Waals surface area contributed by atoms with Crippen molar-refractivity contribution >= 4 is 0 Å². The highest BCUT2D eigenvalue weighted by Gasteiger charge is 2.07. The molecule has 0 radical (unpaired) electrons. The van der Waals surface area contributed by atoms with Gasteiger partial charge in [0.1, 0.15) is 11.5 Å². The molecule has 3 nitrogen and oxygen atoms in total. The minimum absolute atomic E-state index is 0.136. The molecule has 0 aliphatic carbocycles. The van der Waals surface area contributed by atoms with Gasteiger partial charge in [0.15, 0.2) is 0 Å². The molecule has 1 unspecified atom stereocenters. The molecule has 0 bridgehead atoms. The number of benzene rings is 1. The SMILES string of the molecule is CCOc1ccc(CC(C)N)c(OCC)c1. The van der Waals surface area contributed by atoms with Crippen LogP contribution in [0.15, 0.2) is 18.2 Å². The van der Waals surface area contributed by atoms with E-state index < -0.39 is 0 Å². The summed E-state index contributed by atoms with van der Waals surface area (Å²) in [6.45, 7) is 7.26. The average Bonchev–Trinajstić information content (AvgIpc) is 2.22. The van der Waals surface area contributed by atoms with Crippen LogP contribution in [0.5, 0.6) is 11.5 Å². The molecule has 1 aromatic carbocycles. The fourth-order valence-electron chi connectivity index (χ4n) is 1.60. The smallest absolute Gasteiger partial charge is 0.126 e. The molecule has 0 aliphatic rings. The van der Waals surface area contributed by atoms with E-state index in [1.165, 1.54) is 0 Å². The van der Waals surface area contributed by atoms with E-state index in [1.807, 2.05) is 39.0 Å². The molecule has 1 rings (SSSR count). The lowest BCUT2D eigenvalue weighted by Gasteiger charge is -2.13. The Kier molecular flexibility index (Phi) is 5.12. The molecular weight excluding hydrogens is 202 g/mol. The zero-order valence-electron chi connectivity index (χ0n) is 10.3. The number of nitrogens with two attached hydrogens (primary N) is 1. The number of rotatable bonds is 6. The monoisotopic (exact) mass is 223 g/mol. The van der Waals surface area contributed by atoms with Gasteiger partial charge in [0.2, 0.25) is 0 Å². The van der Waals surface area contributed by atoms with Crippen molar-refractivity contribution in [2.75, 3.05) is 13.2 Å². The fraction of sp³-hybridized carbons (Fsp3) is 0.538. The maximum Gasteiger partial charge on any atom is 0.126 e. The molecule has 16 heavy (non-hydrogen) atoms. The predicted molar refractivity (Wildman–Crippen MR) is 66.1 cm³/mol. The van der Waals surface area contributed by atoms with E-state index >= 15 is 0 Å². The van der Waals surface area contributed by atoms with Crippen LogP contribution in [0, 0.1) is 0 Å². The first-order valence-electron chi connectivity index (χ1n) is 5.81. The van der Waals surface area contributed by atoms with E-state index in [9.17, 15) is 0 Å². The maximum atomic E-state index is 5.80. The standard InChI is InChI=1S/C13H21NO2/c1-4-15-12-7-6-11(8-10(3)14)13(9-12)16-5-2/h6-7,9-10H,4-5,8,14H2,1-3H3. The Morgan fingerprint density at radius 1 is 1.19 bits per heavy atom. The summed E-state index contributed by atoms with van der Waals surface area (Å²) in [5.74, 6) is 1.73. The van der Waals surface area contributed by atoms with Crippen LogP contribution in [0.25, 0.3) is 0 Å². The summed E-state index contributed by atoms with van der Waals surface area (Å²) in [4.78, 5) is 0. The van der Waals surface area contributed by atoms with Crippen LogP contribution >= 0.6 is 0 Å². The van der Waals surface area contributed by atoms with Gasteiger partial charge in [0, 0.05) is 12.1 Å². The topological polar surface area (TPSA) is 44.5 Å². The van der Waals surface area contributed by atoms with E-state index in [-0.39, 0.29) is 6.04 Å². The third-order valence-corrected chi connectivity index (χ3v) is 2.19. The zero-order chi connectivity index (χ0) is 12.0. The highest BCUT2D eigenvalue weighted by molar-refractivity contribution is 5.41. The van der Waals surface area contributed by atoms with Crippen LogP contribution in [0.1, 0.15) is 26.3 Å². The number of ether oxygens (including phenoxy) is 2.